The Balaban J connectivity index is 1.95. The molecule has 0 heterocycles. The van der Waals surface area contributed by atoms with Crippen molar-refractivity contribution in [3.8, 4) is 0 Å². The maximum absolute atomic E-state index is 12.0. The number of hydrogen-bond acceptors (Lipinski definition) is 2. The fourth-order valence-corrected chi connectivity index (χ4v) is 2.56. The molecule has 1 aromatic carbocycles. The van der Waals surface area contributed by atoms with Gasteiger partial charge in [0.05, 0.1) is 5.92 Å². The second kappa shape index (κ2) is 5.10. The van der Waals surface area contributed by atoms with Crippen LogP contribution in [0, 0.1) is 12.8 Å². The van der Waals surface area contributed by atoms with E-state index in [0.29, 0.717) is 18.4 Å². The predicted octanol–water partition coefficient (Wildman–Crippen LogP) is 2.35. The molecule has 96 valence electrons. The smallest absolute Gasteiger partial charge is 0.306 e. The summed E-state index contributed by atoms with van der Waals surface area (Å²) in [5, 5.41) is 11.6. The average Bonchev–Trinajstić information content (AvgIpc) is 2.21. The number of carboxylic acid groups (broad SMARTS) is 1. The van der Waals surface area contributed by atoms with E-state index in [1.165, 1.54) is 0 Å². The standard InChI is InChI=1S/C13H14BrNO3/c1-7-4-9(14)2-3-11(7)12(16)15-10-5-8(6-10)13(17)18/h2-4,8,10H,5-6H2,1H3,(H,15,16)(H,17,18). The summed E-state index contributed by atoms with van der Waals surface area (Å²) in [6.07, 6.45) is 1.05. The van der Waals surface area contributed by atoms with Gasteiger partial charge in [0.2, 0.25) is 0 Å². The lowest BCUT2D eigenvalue weighted by molar-refractivity contribution is -0.145. The number of hydrogen-bond donors (Lipinski definition) is 2. The molecule has 0 unspecified atom stereocenters. The maximum atomic E-state index is 12.0. The van der Waals surface area contributed by atoms with Gasteiger partial charge in [-0.15, -0.1) is 0 Å². The van der Waals surface area contributed by atoms with Crippen molar-refractivity contribution >= 4 is 27.8 Å². The Kier molecular flexibility index (Phi) is 3.71. The monoisotopic (exact) mass is 311 g/mol. The SMILES string of the molecule is Cc1cc(Br)ccc1C(=O)NC1CC(C(=O)O)C1. The highest BCUT2D eigenvalue weighted by atomic mass is 79.9. The third kappa shape index (κ3) is 2.72. The number of rotatable bonds is 3. The van der Waals surface area contributed by atoms with E-state index in [9.17, 15) is 9.59 Å². The molecule has 0 aromatic heterocycles. The molecule has 2 N–H and O–H groups in total. The van der Waals surface area contributed by atoms with Gasteiger partial charge in [-0.3, -0.25) is 9.59 Å². The van der Waals surface area contributed by atoms with Crippen molar-refractivity contribution in [2.75, 3.05) is 0 Å². The number of nitrogens with one attached hydrogen (secondary N) is 1. The van der Waals surface area contributed by atoms with Gasteiger partial charge >= 0.3 is 5.97 Å². The normalized spacial score (nSPS) is 22.1. The van der Waals surface area contributed by atoms with Crippen molar-refractivity contribution in [1.29, 1.82) is 0 Å². The van der Waals surface area contributed by atoms with Crippen LogP contribution >= 0.6 is 15.9 Å². The second-order valence-corrected chi connectivity index (χ2v) is 5.55. The summed E-state index contributed by atoms with van der Waals surface area (Å²) < 4.78 is 0.936. The first kappa shape index (κ1) is 13.1. The topological polar surface area (TPSA) is 66.4 Å². The lowest BCUT2D eigenvalue weighted by Gasteiger charge is -2.32. The largest absolute Gasteiger partial charge is 0.481 e. The molecule has 0 radical (unpaired) electrons. The van der Waals surface area contributed by atoms with Crippen molar-refractivity contribution < 1.29 is 14.7 Å². The van der Waals surface area contributed by atoms with Crippen LogP contribution in [0.15, 0.2) is 22.7 Å². The summed E-state index contributed by atoms with van der Waals surface area (Å²) in [5.41, 5.74) is 1.54. The first-order valence-electron chi connectivity index (χ1n) is 5.77. The Morgan fingerprint density at radius 2 is 2.06 bits per heavy atom. The van der Waals surface area contributed by atoms with Gasteiger partial charge in [-0.2, -0.15) is 0 Å². The molecule has 1 aliphatic carbocycles. The van der Waals surface area contributed by atoms with E-state index in [0.717, 1.165) is 10.0 Å². The minimum Gasteiger partial charge on any atom is -0.481 e. The zero-order valence-corrected chi connectivity index (χ0v) is 11.5. The zero-order valence-electron chi connectivity index (χ0n) is 9.94. The Morgan fingerprint density at radius 1 is 1.39 bits per heavy atom. The molecule has 1 saturated carbocycles. The fraction of sp³-hybridized carbons (Fsp3) is 0.385. The van der Waals surface area contributed by atoms with Gasteiger partial charge < -0.3 is 10.4 Å². The number of amides is 1. The average molecular weight is 312 g/mol. The molecule has 0 atom stereocenters. The third-order valence-electron chi connectivity index (χ3n) is 3.26. The van der Waals surface area contributed by atoms with Gasteiger partial charge in [-0.1, -0.05) is 15.9 Å². The summed E-state index contributed by atoms with van der Waals surface area (Å²) in [6.45, 7) is 1.88. The summed E-state index contributed by atoms with van der Waals surface area (Å²) in [7, 11) is 0. The van der Waals surface area contributed by atoms with Crippen LogP contribution in [0.4, 0.5) is 0 Å². The van der Waals surface area contributed by atoms with Crippen LogP contribution < -0.4 is 5.32 Å². The highest BCUT2D eigenvalue weighted by Gasteiger charge is 2.35. The van der Waals surface area contributed by atoms with E-state index in [4.69, 9.17) is 5.11 Å². The van der Waals surface area contributed by atoms with Crippen molar-refractivity contribution in [2.45, 2.75) is 25.8 Å². The molecule has 1 aromatic rings. The molecule has 0 bridgehead atoms. The van der Waals surface area contributed by atoms with E-state index < -0.39 is 5.97 Å². The fourth-order valence-electron chi connectivity index (χ4n) is 2.08. The van der Waals surface area contributed by atoms with Crippen LogP contribution in [0.5, 0.6) is 0 Å². The molecule has 4 nitrogen and oxygen atoms in total. The van der Waals surface area contributed by atoms with Crippen LogP contribution in [0.1, 0.15) is 28.8 Å². The zero-order chi connectivity index (χ0) is 13.3. The first-order valence-corrected chi connectivity index (χ1v) is 6.56. The predicted molar refractivity (Wildman–Crippen MR) is 70.5 cm³/mol. The molecule has 18 heavy (non-hydrogen) atoms. The third-order valence-corrected chi connectivity index (χ3v) is 3.75. The van der Waals surface area contributed by atoms with E-state index >= 15 is 0 Å². The maximum Gasteiger partial charge on any atom is 0.306 e. The Morgan fingerprint density at radius 3 is 2.61 bits per heavy atom. The first-order chi connectivity index (χ1) is 8.47. The van der Waals surface area contributed by atoms with Gasteiger partial charge in [0.15, 0.2) is 0 Å². The van der Waals surface area contributed by atoms with Crippen molar-refractivity contribution in [3.63, 3.8) is 0 Å². The van der Waals surface area contributed by atoms with E-state index in [2.05, 4.69) is 21.2 Å². The molecular weight excluding hydrogens is 298 g/mol. The molecule has 0 saturated heterocycles. The highest BCUT2D eigenvalue weighted by molar-refractivity contribution is 9.10. The number of carboxylic acids is 1. The van der Waals surface area contributed by atoms with Gasteiger partial charge in [0.1, 0.15) is 0 Å². The molecule has 0 aliphatic heterocycles. The number of halogens is 1. The second-order valence-electron chi connectivity index (χ2n) is 4.64. The highest BCUT2D eigenvalue weighted by Crippen LogP contribution is 2.28. The number of carbonyl (C=O) groups excluding carboxylic acids is 1. The van der Waals surface area contributed by atoms with Crippen molar-refractivity contribution in [3.05, 3.63) is 33.8 Å². The molecule has 5 heteroatoms. The van der Waals surface area contributed by atoms with Crippen LogP contribution in [0.2, 0.25) is 0 Å². The molecule has 1 aliphatic rings. The number of aliphatic carboxylic acids is 1. The summed E-state index contributed by atoms with van der Waals surface area (Å²) in [6, 6.07) is 5.46. The Hall–Kier alpha value is -1.36. The molecule has 0 spiro atoms. The molecule has 1 amide bonds. The van der Waals surface area contributed by atoms with E-state index in [1.54, 1.807) is 6.07 Å². The number of carbonyl (C=O) groups is 2. The summed E-state index contributed by atoms with van der Waals surface area (Å²) in [4.78, 5) is 22.6. The van der Waals surface area contributed by atoms with Crippen LogP contribution in [-0.4, -0.2) is 23.0 Å². The van der Waals surface area contributed by atoms with Gasteiger partial charge in [0.25, 0.3) is 5.91 Å². The van der Waals surface area contributed by atoms with Crippen LogP contribution in [0.3, 0.4) is 0 Å². The molecule has 1 fully saturated rings. The lowest BCUT2D eigenvalue weighted by atomic mass is 9.80. The lowest BCUT2D eigenvalue weighted by Crippen LogP contribution is -2.46. The van der Waals surface area contributed by atoms with E-state index in [1.807, 2.05) is 19.1 Å². The minimum absolute atomic E-state index is 0.0124. The molecular formula is C13H14BrNO3. The van der Waals surface area contributed by atoms with Gasteiger partial charge in [0, 0.05) is 16.1 Å². The van der Waals surface area contributed by atoms with Gasteiger partial charge in [-0.25, -0.2) is 0 Å². The quantitative estimate of drug-likeness (QED) is 0.900. The Bertz CT molecular complexity index is 495. The summed E-state index contributed by atoms with van der Waals surface area (Å²) >= 11 is 3.35. The van der Waals surface area contributed by atoms with Gasteiger partial charge in [-0.05, 0) is 43.5 Å². The summed E-state index contributed by atoms with van der Waals surface area (Å²) in [5.74, 6) is -1.21. The van der Waals surface area contributed by atoms with Crippen LogP contribution in [0.25, 0.3) is 0 Å². The van der Waals surface area contributed by atoms with Crippen LogP contribution in [-0.2, 0) is 4.79 Å². The number of benzene rings is 1. The van der Waals surface area contributed by atoms with Crippen molar-refractivity contribution in [2.24, 2.45) is 5.92 Å². The molecule has 2 rings (SSSR count). The minimum atomic E-state index is -0.777. The number of aryl methyl sites for hydroxylation is 1. The van der Waals surface area contributed by atoms with E-state index in [-0.39, 0.29) is 17.9 Å². The van der Waals surface area contributed by atoms with Crippen molar-refractivity contribution in [1.82, 2.24) is 5.32 Å². The Labute approximate surface area is 114 Å².